The monoisotopic (exact) mass is 368 g/mol. The SMILES string of the molecule is O=C(N/N=C/c1ccc(O)c(Cl)c1)c1cc(-c2ccccc2)nc(=O)[nH]1. The number of phenolic OH excluding ortho intramolecular Hbond substituents is 1. The van der Waals surface area contributed by atoms with Crippen LogP contribution in [0.3, 0.4) is 0 Å². The normalized spacial score (nSPS) is 10.8. The number of carbonyl (C=O) groups excluding carboxylic acids is 1. The number of hydrogen-bond donors (Lipinski definition) is 3. The molecule has 0 atom stereocenters. The number of aromatic nitrogens is 2. The molecular weight excluding hydrogens is 356 g/mol. The van der Waals surface area contributed by atoms with Gasteiger partial charge in [0.15, 0.2) is 0 Å². The number of aromatic hydroxyl groups is 1. The Morgan fingerprint density at radius 1 is 1.19 bits per heavy atom. The van der Waals surface area contributed by atoms with Crippen molar-refractivity contribution in [3.05, 3.63) is 81.4 Å². The van der Waals surface area contributed by atoms with Crippen molar-refractivity contribution in [2.45, 2.75) is 0 Å². The van der Waals surface area contributed by atoms with E-state index in [1.165, 1.54) is 24.4 Å². The highest BCUT2D eigenvalue weighted by atomic mass is 35.5. The highest BCUT2D eigenvalue weighted by molar-refractivity contribution is 6.32. The van der Waals surface area contributed by atoms with E-state index < -0.39 is 11.6 Å². The maximum Gasteiger partial charge on any atom is 0.346 e. The molecule has 130 valence electrons. The van der Waals surface area contributed by atoms with E-state index in [-0.39, 0.29) is 16.5 Å². The average molecular weight is 369 g/mol. The Morgan fingerprint density at radius 3 is 2.69 bits per heavy atom. The first-order valence-corrected chi connectivity index (χ1v) is 7.89. The lowest BCUT2D eigenvalue weighted by Crippen LogP contribution is -2.24. The topological polar surface area (TPSA) is 107 Å². The van der Waals surface area contributed by atoms with Crippen LogP contribution in [0, 0.1) is 0 Å². The van der Waals surface area contributed by atoms with Gasteiger partial charge >= 0.3 is 5.69 Å². The van der Waals surface area contributed by atoms with Crippen LogP contribution in [0.2, 0.25) is 5.02 Å². The predicted molar refractivity (Wildman–Crippen MR) is 98.5 cm³/mol. The number of halogens is 1. The number of hydrazone groups is 1. The Bertz CT molecular complexity index is 1030. The minimum Gasteiger partial charge on any atom is -0.506 e. The Kier molecular flexibility index (Phi) is 5.09. The van der Waals surface area contributed by atoms with E-state index in [9.17, 15) is 14.7 Å². The molecule has 0 saturated heterocycles. The van der Waals surface area contributed by atoms with Gasteiger partial charge in [-0.15, -0.1) is 0 Å². The number of amides is 1. The van der Waals surface area contributed by atoms with E-state index in [4.69, 9.17) is 11.6 Å². The summed E-state index contributed by atoms with van der Waals surface area (Å²) in [5.41, 5.74) is 3.40. The summed E-state index contributed by atoms with van der Waals surface area (Å²) in [7, 11) is 0. The maximum atomic E-state index is 12.2. The summed E-state index contributed by atoms with van der Waals surface area (Å²) < 4.78 is 0. The van der Waals surface area contributed by atoms with Gasteiger partial charge in [-0.05, 0) is 29.8 Å². The van der Waals surface area contributed by atoms with Crippen LogP contribution >= 0.6 is 11.6 Å². The highest BCUT2D eigenvalue weighted by Gasteiger charge is 2.10. The zero-order chi connectivity index (χ0) is 18.5. The maximum absolute atomic E-state index is 12.2. The molecule has 0 aliphatic carbocycles. The molecule has 8 heteroatoms. The van der Waals surface area contributed by atoms with Crippen molar-refractivity contribution in [2.24, 2.45) is 5.10 Å². The zero-order valence-electron chi connectivity index (χ0n) is 13.3. The Hall–Kier alpha value is -3.45. The first kappa shape index (κ1) is 17.4. The Labute approximate surface area is 153 Å². The van der Waals surface area contributed by atoms with Crippen molar-refractivity contribution in [1.82, 2.24) is 15.4 Å². The van der Waals surface area contributed by atoms with Crippen molar-refractivity contribution >= 4 is 23.7 Å². The average Bonchev–Trinajstić information content (AvgIpc) is 2.65. The van der Waals surface area contributed by atoms with Crippen LogP contribution in [0.15, 0.2) is 64.5 Å². The largest absolute Gasteiger partial charge is 0.506 e. The second-order valence-corrected chi connectivity index (χ2v) is 5.67. The molecule has 0 aliphatic rings. The van der Waals surface area contributed by atoms with Crippen LogP contribution in [0.25, 0.3) is 11.3 Å². The lowest BCUT2D eigenvalue weighted by atomic mass is 10.1. The second-order valence-electron chi connectivity index (χ2n) is 5.26. The fourth-order valence-electron chi connectivity index (χ4n) is 2.17. The Morgan fingerprint density at radius 2 is 1.96 bits per heavy atom. The molecule has 0 fully saturated rings. The van der Waals surface area contributed by atoms with Gasteiger partial charge in [-0.1, -0.05) is 41.9 Å². The Balaban J connectivity index is 1.77. The molecule has 0 bridgehead atoms. The number of rotatable bonds is 4. The molecule has 3 rings (SSSR count). The van der Waals surface area contributed by atoms with Crippen molar-refractivity contribution in [1.29, 1.82) is 0 Å². The van der Waals surface area contributed by atoms with E-state index in [0.717, 1.165) is 5.56 Å². The third-order valence-electron chi connectivity index (χ3n) is 3.41. The standard InChI is InChI=1S/C18H13ClN4O3/c19-13-8-11(6-7-16(13)24)10-20-23-17(25)15-9-14(21-18(26)22-15)12-4-2-1-3-5-12/h1-10,24H,(H,23,25)(H,21,22,26)/b20-10+. The molecule has 3 N–H and O–H groups in total. The van der Waals surface area contributed by atoms with Gasteiger partial charge in [0, 0.05) is 5.56 Å². The summed E-state index contributed by atoms with van der Waals surface area (Å²) in [5, 5.41) is 13.4. The fraction of sp³-hybridized carbons (Fsp3) is 0. The number of aromatic amines is 1. The van der Waals surface area contributed by atoms with Crippen LogP contribution in [0.1, 0.15) is 16.1 Å². The van der Waals surface area contributed by atoms with E-state index in [1.54, 1.807) is 18.2 Å². The minimum atomic E-state index is -0.634. The minimum absolute atomic E-state index is 0.0322. The first-order chi connectivity index (χ1) is 12.5. The molecule has 1 heterocycles. The molecule has 0 spiro atoms. The number of phenols is 1. The summed E-state index contributed by atoms with van der Waals surface area (Å²) in [6, 6.07) is 15.0. The lowest BCUT2D eigenvalue weighted by molar-refractivity contribution is 0.0949. The predicted octanol–water partition coefficient (Wildman–Crippen LogP) is 2.56. The molecule has 3 aromatic rings. The van der Waals surface area contributed by atoms with Gasteiger partial charge in [0.2, 0.25) is 0 Å². The van der Waals surface area contributed by atoms with Gasteiger partial charge < -0.3 is 10.1 Å². The summed E-state index contributed by atoms with van der Waals surface area (Å²) in [6.45, 7) is 0. The molecule has 1 aromatic heterocycles. The number of H-pyrrole nitrogens is 1. The number of benzene rings is 2. The summed E-state index contributed by atoms with van der Waals surface area (Å²) >= 11 is 5.80. The van der Waals surface area contributed by atoms with Crippen LogP contribution < -0.4 is 11.1 Å². The van der Waals surface area contributed by atoms with E-state index in [2.05, 4.69) is 20.5 Å². The van der Waals surface area contributed by atoms with Gasteiger partial charge in [0.1, 0.15) is 11.4 Å². The second kappa shape index (κ2) is 7.62. The van der Waals surface area contributed by atoms with Crippen LogP contribution in [0.5, 0.6) is 5.75 Å². The number of carbonyl (C=O) groups is 1. The molecule has 0 saturated carbocycles. The van der Waals surface area contributed by atoms with Crippen molar-refractivity contribution in [3.63, 3.8) is 0 Å². The summed E-state index contributed by atoms with van der Waals surface area (Å²) in [5.74, 6) is -0.640. The van der Waals surface area contributed by atoms with Crippen molar-refractivity contribution in [3.8, 4) is 17.0 Å². The van der Waals surface area contributed by atoms with Crippen LogP contribution in [0.4, 0.5) is 0 Å². The van der Waals surface area contributed by atoms with E-state index >= 15 is 0 Å². The fourth-order valence-corrected chi connectivity index (χ4v) is 2.35. The third-order valence-corrected chi connectivity index (χ3v) is 3.71. The smallest absolute Gasteiger partial charge is 0.346 e. The molecule has 7 nitrogen and oxygen atoms in total. The van der Waals surface area contributed by atoms with Gasteiger partial charge in [0.25, 0.3) is 5.91 Å². The lowest BCUT2D eigenvalue weighted by Gasteiger charge is -2.03. The molecule has 0 aliphatic heterocycles. The number of nitrogens with one attached hydrogen (secondary N) is 2. The molecule has 2 aromatic carbocycles. The molecule has 1 amide bonds. The van der Waals surface area contributed by atoms with Gasteiger partial charge in [-0.3, -0.25) is 4.79 Å². The first-order valence-electron chi connectivity index (χ1n) is 7.51. The van der Waals surface area contributed by atoms with Crippen LogP contribution in [-0.4, -0.2) is 27.2 Å². The van der Waals surface area contributed by atoms with Crippen molar-refractivity contribution < 1.29 is 9.90 Å². The highest BCUT2D eigenvalue weighted by Crippen LogP contribution is 2.22. The quantitative estimate of drug-likeness (QED) is 0.486. The summed E-state index contributed by atoms with van der Waals surface area (Å²) in [4.78, 5) is 30.2. The molecule has 26 heavy (non-hydrogen) atoms. The van der Waals surface area contributed by atoms with E-state index in [1.807, 2.05) is 18.2 Å². The third kappa shape index (κ3) is 4.14. The van der Waals surface area contributed by atoms with Crippen LogP contribution in [-0.2, 0) is 0 Å². The van der Waals surface area contributed by atoms with Crippen molar-refractivity contribution in [2.75, 3.05) is 0 Å². The molecular formula is C18H13ClN4O3. The van der Waals surface area contributed by atoms with Gasteiger partial charge in [-0.2, -0.15) is 10.1 Å². The number of hydrogen-bond acceptors (Lipinski definition) is 5. The molecule has 0 radical (unpaired) electrons. The van der Waals surface area contributed by atoms with E-state index in [0.29, 0.717) is 11.3 Å². The number of nitrogens with zero attached hydrogens (tertiary/aromatic N) is 2. The summed E-state index contributed by atoms with van der Waals surface area (Å²) in [6.07, 6.45) is 1.36. The van der Waals surface area contributed by atoms with Gasteiger partial charge in [0.05, 0.1) is 16.9 Å². The van der Waals surface area contributed by atoms with Gasteiger partial charge in [-0.25, -0.2) is 10.2 Å². The molecule has 0 unspecified atom stereocenters. The zero-order valence-corrected chi connectivity index (χ0v) is 14.1.